The van der Waals surface area contributed by atoms with Crippen LogP contribution < -0.4 is 0 Å². The largest absolute Gasteiger partial charge is 0.396 e. The molecule has 0 amide bonds. The van der Waals surface area contributed by atoms with Gasteiger partial charge < -0.3 is 15.3 Å². The van der Waals surface area contributed by atoms with Crippen LogP contribution >= 0.6 is 11.8 Å². The Kier molecular flexibility index (Phi) is 21.1. The maximum atomic E-state index is 9.29. The molecule has 0 unspecified atom stereocenters. The van der Waals surface area contributed by atoms with Gasteiger partial charge in [0.2, 0.25) is 0 Å². The molecule has 27 heavy (non-hydrogen) atoms. The molecule has 3 N–H and O–H groups in total. The van der Waals surface area contributed by atoms with Gasteiger partial charge in [-0.3, -0.25) is 0 Å². The van der Waals surface area contributed by atoms with E-state index in [0.29, 0.717) is 5.75 Å². The van der Waals surface area contributed by atoms with Gasteiger partial charge >= 0.3 is 0 Å². The Morgan fingerprint density at radius 3 is 1.19 bits per heavy atom. The highest BCUT2D eigenvalue weighted by Gasteiger charge is 2.27. The molecule has 0 bridgehead atoms. The lowest BCUT2D eigenvalue weighted by Crippen LogP contribution is -2.36. The van der Waals surface area contributed by atoms with Gasteiger partial charge in [0, 0.05) is 11.2 Å². The summed E-state index contributed by atoms with van der Waals surface area (Å²) in [5, 5.41) is 27.9. The average molecular weight is 405 g/mol. The number of aliphatic hydroxyl groups excluding tert-OH is 3. The lowest BCUT2D eigenvalue weighted by Gasteiger charge is -2.26. The standard InChI is InChI=1S/C23H48O3S/c1-2-3-4-5-6-7-8-9-10-11-12-13-14-15-16-17-18-27-22-23(19-24,20-25)21-26/h24-26H,2-22H2,1H3. The van der Waals surface area contributed by atoms with E-state index in [2.05, 4.69) is 6.92 Å². The van der Waals surface area contributed by atoms with E-state index in [9.17, 15) is 15.3 Å². The van der Waals surface area contributed by atoms with E-state index in [4.69, 9.17) is 0 Å². The molecule has 0 rings (SSSR count). The molecule has 3 nitrogen and oxygen atoms in total. The van der Waals surface area contributed by atoms with Gasteiger partial charge in [0.1, 0.15) is 0 Å². The fourth-order valence-corrected chi connectivity index (χ4v) is 4.59. The molecule has 0 saturated heterocycles. The van der Waals surface area contributed by atoms with Crippen molar-refractivity contribution in [2.45, 2.75) is 110 Å². The fraction of sp³-hybridized carbons (Fsp3) is 1.00. The van der Waals surface area contributed by atoms with Crippen LogP contribution in [0.25, 0.3) is 0 Å². The Morgan fingerprint density at radius 1 is 0.519 bits per heavy atom. The second-order valence-electron chi connectivity index (χ2n) is 8.33. The van der Waals surface area contributed by atoms with Crippen molar-refractivity contribution in [1.82, 2.24) is 0 Å². The van der Waals surface area contributed by atoms with Gasteiger partial charge in [0.25, 0.3) is 0 Å². The first-order valence-electron chi connectivity index (χ1n) is 11.6. The molecule has 0 aliphatic rings. The van der Waals surface area contributed by atoms with Crippen molar-refractivity contribution in [2.75, 3.05) is 31.3 Å². The summed E-state index contributed by atoms with van der Waals surface area (Å²) < 4.78 is 0. The minimum atomic E-state index is -0.709. The molecular formula is C23H48O3S. The third-order valence-corrected chi connectivity index (χ3v) is 6.95. The summed E-state index contributed by atoms with van der Waals surface area (Å²) in [6.45, 7) is 1.84. The molecule has 0 fully saturated rings. The monoisotopic (exact) mass is 404 g/mol. The molecule has 0 radical (unpaired) electrons. The first-order chi connectivity index (χ1) is 13.2. The van der Waals surface area contributed by atoms with Gasteiger partial charge in [-0.05, 0) is 12.2 Å². The Balaban J connectivity index is 3.19. The van der Waals surface area contributed by atoms with E-state index in [-0.39, 0.29) is 19.8 Å². The predicted molar refractivity (Wildman–Crippen MR) is 121 cm³/mol. The number of hydrogen-bond acceptors (Lipinski definition) is 4. The first kappa shape index (κ1) is 27.2. The topological polar surface area (TPSA) is 60.7 Å². The SMILES string of the molecule is CCCCCCCCCCCCCCCCCCSCC(CO)(CO)CO. The quantitative estimate of drug-likeness (QED) is 0.195. The minimum Gasteiger partial charge on any atom is -0.396 e. The zero-order valence-corrected chi connectivity index (χ0v) is 18.9. The number of hydrogen-bond donors (Lipinski definition) is 3. The van der Waals surface area contributed by atoms with E-state index in [1.54, 1.807) is 11.8 Å². The molecule has 0 atom stereocenters. The van der Waals surface area contributed by atoms with Crippen LogP contribution in [0.2, 0.25) is 0 Å². The molecule has 0 spiro atoms. The second kappa shape index (κ2) is 21.0. The smallest absolute Gasteiger partial charge is 0.0539 e. The van der Waals surface area contributed by atoms with Gasteiger partial charge in [-0.2, -0.15) is 11.8 Å². The zero-order valence-electron chi connectivity index (χ0n) is 18.1. The normalized spacial score (nSPS) is 12.0. The maximum Gasteiger partial charge on any atom is 0.0539 e. The molecule has 0 aromatic rings. The Labute approximate surface area is 173 Å². The highest BCUT2D eigenvalue weighted by molar-refractivity contribution is 7.99. The zero-order chi connectivity index (χ0) is 20.1. The molecule has 4 heteroatoms. The van der Waals surface area contributed by atoms with Crippen LogP contribution in [0.1, 0.15) is 110 Å². The predicted octanol–water partition coefficient (Wildman–Crippen LogP) is 5.94. The lowest BCUT2D eigenvalue weighted by atomic mass is 9.94. The summed E-state index contributed by atoms with van der Waals surface area (Å²) in [5.41, 5.74) is -0.709. The molecule has 164 valence electrons. The Morgan fingerprint density at radius 2 is 0.852 bits per heavy atom. The van der Waals surface area contributed by atoms with E-state index < -0.39 is 5.41 Å². The number of unbranched alkanes of at least 4 members (excludes halogenated alkanes) is 15. The van der Waals surface area contributed by atoms with E-state index in [1.165, 1.54) is 103 Å². The molecule has 0 heterocycles. The van der Waals surface area contributed by atoms with Gasteiger partial charge in [-0.25, -0.2) is 0 Å². The Hall–Kier alpha value is 0.230. The van der Waals surface area contributed by atoms with Crippen LogP contribution in [-0.4, -0.2) is 46.6 Å². The Bertz CT molecular complexity index is 275. The first-order valence-corrected chi connectivity index (χ1v) is 12.8. The van der Waals surface area contributed by atoms with Gasteiger partial charge in [-0.15, -0.1) is 0 Å². The van der Waals surface area contributed by atoms with Crippen molar-refractivity contribution in [3.05, 3.63) is 0 Å². The molecule has 0 aliphatic heterocycles. The third kappa shape index (κ3) is 16.9. The van der Waals surface area contributed by atoms with Crippen LogP contribution in [-0.2, 0) is 0 Å². The van der Waals surface area contributed by atoms with Gasteiger partial charge in [0.15, 0.2) is 0 Å². The average Bonchev–Trinajstić information content (AvgIpc) is 2.70. The van der Waals surface area contributed by atoms with Crippen LogP contribution in [0, 0.1) is 5.41 Å². The van der Waals surface area contributed by atoms with Crippen LogP contribution in [0.15, 0.2) is 0 Å². The molecule has 0 aliphatic carbocycles. The van der Waals surface area contributed by atoms with E-state index in [0.717, 1.165) is 5.75 Å². The number of rotatable bonds is 22. The van der Waals surface area contributed by atoms with Crippen LogP contribution in [0.5, 0.6) is 0 Å². The lowest BCUT2D eigenvalue weighted by molar-refractivity contribution is 0.0237. The summed E-state index contributed by atoms with van der Waals surface area (Å²) in [5.74, 6) is 1.69. The van der Waals surface area contributed by atoms with Crippen molar-refractivity contribution in [3.63, 3.8) is 0 Å². The van der Waals surface area contributed by atoms with Crippen LogP contribution in [0.3, 0.4) is 0 Å². The van der Waals surface area contributed by atoms with Crippen molar-refractivity contribution in [1.29, 1.82) is 0 Å². The van der Waals surface area contributed by atoms with Crippen molar-refractivity contribution in [3.8, 4) is 0 Å². The van der Waals surface area contributed by atoms with Gasteiger partial charge in [0.05, 0.1) is 19.8 Å². The van der Waals surface area contributed by atoms with E-state index >= 15 is 0 Å². The summed E-state index contributed by atoms with van der Waals surface area (Å²) in [6, 6.07) is 0. The minimum absolute atomic E-state index is 0.147. The van der Waals surface area contributed by atoms with Crippen molar-refractivity contribution in [2.24, 2.45) is 5.41 Å². The number of thioether (sulfide) groups is 1. The highest BCUT2D eigenvalue weighted by Crippen LogP contribution is 2.22. The molecule has 0 saturated carbocycles. The van der Waals surface area contributed by atoms with Gasteiger partial charge in [-0.1, -0.05) is 103 Å². The number of aliphatic hydroxyl groups is 3. The maximum absolute atomic E-state index is 9.29. The highest BCUT2D eigenvalue weighted by atomic mass is 32.2. The molecule has 0 aromatic heterocycles. The van der Waals surface area contributed by atoms with Crippen molar-refractivity contribution >= 4 is 11.8 Å². The summed E-state index contributed by atoms with van der Waals surface area (Å²) in [4.78, 5) is 0. The summed E-state index contributed by atoms with van der Waals surface area (Å²) in [7, 11) is 0. The third-order valence-electron chi connectivity index (χ3n) is 5.56. The second-order valence-corrected chi connectivity index (χ2v) is 9.44. The van der Waals surface area contributed by atoms with Crippen molar-refractivity contribution < 1.29 is 15.3 Å². The fourth-order valence-electron chi connectivity index (χ4n) is 3.33. The van der Waals surface area contributed by atoms with Crippen LogP contribution in [0.4, 0.5) is 0 Å². The molecular weight excluding hydrogens is 356 g/mol. The summed E-state index contributed by atoms with van der Waals surface area (Å²) in [6.07, 6.45) is 22.2. The molecule has 0 aromatic carbocycles. The van der Waals surface area contributed by atoms with E-state index in [1.807, 2.05) is 0 Å². The summed E-state index contributed by atoms with van der Waals surface area (Å²) >= 11 is 1.74.